The van der Waals surface area contributed by atoms with Crippen LogP contribution in [0.25, 0.3) is 10.9 Å². The Hall–Kier alpha value is -5.89. The molecule has 0 fully saturated rings. The minimum absolute atomic E-state index is 0.0206. The van der Waals surface area contributed by atoms with Crippen molar-refractivity contribution in [3.63, 3.8) is 0 Å². The summed E-state index contributed by atoms with van der Waals surface area (Å²) in [5.74, 6) is -2.05. The molecule has 0 aliphatic carbocycles. The summed E-state index contributed by atoms with van der Waals surface area (Å²) in [6.45, 7) is 6.14. The Morgan fingerprint density at radius 1 is 0.827 bits per heavy atom. The largest absolute Gasteiger partial charge is 0.375 e. The highest BCUT2D eigenvalue weighted by molar-refractivity contribution is 5.93. The van der Waals surface area contributed by atoms with Crippen molar-refractivity contribution in [1.82, 2.24) is 36.7 Å². The zero-order chi connectivity index (χ0) is 37.5. The third-order valence-electron chi connectivity index (χ3n) is 7.83. The number of benzene rings is 3. The van der Waals surface area contributed by atoms with Gasteiger partial charge < -0.3 is 36.7 Å². The number of amides is 7. The molecule has 14 nitrogen and oxygen atoms in total. The van der Waals surface area contributed by atoms with Crippen LogP contribution < -0.4 is 32.4 Å². The summed E-state index contributed by atoms with van der Waals surface area (Å²) in [4.78, 5) is 69.0. The average molecular weight is 713 g/mol. The monoisotopic (exact) mass is 712 g/mol. The first kappa shape index (κ1) is 38.9. The third kappa shape index (κ3) is 12.8. The molecule has 0 aliphatic heterocycles. The minimum Gasteiger partial charge on any atom is -0.375 e. The van der Waals surface area contributed by atoms with Crippen LogP contribution in [0.5, 0.6) is 0 Å². The molecule has 0 spiro atoms. The van der Waals surface area contributed by atoms with Crippen molar-refractivity contribution in [2.24, 2.45) is 5.73 Å². The molecule has 0 radical (unpaired) electrons. The number of aromatic nitrogens is 1. The number of urea groups is 2. The molecule has 0 saturated heterocycles. The Kier molecular flexibility index (Phi) is 14.2. The Balaban J connectivity index is 1.53. The molecule has 4 rings (SSSR count). The zero-order valence-corrected chi connectivity index (χ0v) is 29.7. The van der Waals surface area contributed by atoms with Crippen molar-refractivity contribution in [3.05, 3.63) is 108 Å². The van der Waals surface area contributed by atoms with Crippen molar-refractivity contribution in [1.29, 1.82) is 0 Å². The van der Waals surface area contributed by atoms with Crippen molar-refractivity contribution in [3.8, 4) is 0 Å². The van der Waals surface area contributed by atoms with Crippen LogP contribution in [0, 0.1) is 0 Å². The number of carbonyl (C=O) groups excluding carboxylic acids is 5. The standard InChI is InChI=1S/C38H48N8O6/c1-38(2,3)44-36(50)43-31(18-19-33(39)47)34(48)42-32(22-28-23-41-30-17-11-10-16-29(28)30)35(49)45-46(24-26-12-6-4-7-13-26)37(51)40-20-21-52-25-27-14-8-5-9-15-27/h4-17,23,31-32,41H,18-22,24-25H2,1-3H3,(H2,39,47)(H,40,51)(H,42,48)(H,45,49)(H2,43,44,50)/t31-,32-/m0/s1. The number of ether oxygens (including phenoxy) is 1. The van der Waals surface area contributed by atoms with E-state index in [9.17, 15) is 24.0 Å². The first-order valence-corrected chi connectivity index (χ1v) is 17.1. The van der Waals surface area contributed by atoms with Gasteiger partial charge in [-0.05, 0) is 49.9 Å². The number of nitrogens with one attached hydrogen (secondary N) is 6. The molecule has 2 atom stereocenters. The van der Waals surface area contributed by atoms with E-state index in [0.717, 1.165) is 32.6 Å². The quantitative estimate of drug-likeness (QED) is 0.0686. The van der Waals surface area contributed by atoms with Gasteiger partial charge in [0.15, 0.2) is 0 Å². The van der Waals surface area contributed by atoms with Crippen LogP contribution in [0.3, 0.4) is 0 Å². The van der Waals surface area contributed by atoms with Crippen LogP contribution in [0.15, 0.2) is 91.1 Å². The molecule has 52 heavy (non-hydrogen) atoms. The Morgan fingerprint density at radius 3 is 2.15 bits per heavy atom. The molecule has 3 aromatic carbocycles. The van der Waals surface area contributed by atoms with Crippen molar-refractivity contribution in [2.45, 2.75) is 70.8 Å². The maximum atomic E-state index is 14.1. The van der Waals surface area contributed by atoms with E-state index in [-0.39, 0.29) is 39.0 Å². The third-order valence-corrected chi connectivity index (χ3v) is 7.83. The van der Waals surface area contributed by atoms with E-state index in [1.54, 1.807) is 27.0 Å². The topological polar surface area (TPSA) is 200 Å². The lowest BCUT2D eigenvalue weighted by Crippen LogP contribution is -2.59. The number of primary amides is 1. The van der Waals surface area contributed by atoms with Crippen LogP contribution >= 0.6 is 0 Å². The lowest BCUT2D eigenvalue weighted by atomic mass is 10.0. The van der Waals surface area contributed by atoms with E-state index in [4.69, 9.17) is 10.5 Å². The second-order valence-corrected chi connectivity index (χ2v) is 13.3. The number of nitrogens with zero attached hydrogens (tertiary/aromatic N) is 1. The van der Waals surface area contributed by atoms with Gasteiger partial charge >= 0.3 is 12.1 Å². The molecule has 7 amide bonds. The van der Waals surface area contributed by atoms with Crippen molar-refractivity contribution < 1.29 is 28.7 Å². The average Bonchev–Trinajstić information content (AvgIpc) is 3.51. The summed E-state index contributed by atoms with van der Waals surface area (Å²) in [6.07, 6.45) is 1.50. The Morgan fingerprint density at radius 2 is 1.48 bits per heavy atom. The fourth-order valence-corrected chi connectivity index (χ4v) is 5.32. The molecule has 0 bridgehead atoms. The Bertz CT molecular complexity index is 1790. The number of fused-ring (bicyclic) bond motifs is 1. The van der Waals surface area contributed by atoms with E-state index in [0.29, 0.717) is 6.61 Å². The highest BCUT2D eigenvalue weighted by Crippen LogP contribution is 2.19. The number of hydrogen-bond acceptors (Lipinski definition) is 6. The molecule has 0 aliphatic rings. The van der Waals surface area contributed by atoms with Crippen LogP contribution in [-0.2, 0) is 38.7 Å². The molecule has 14 heteroatoms. The second kappa shape index (κ2) is 18.9. The van der Waals surface area contributed by atoms with E-state index in [2.05, 4.69) is 31.7 Å². The van der Waals surface area contributed by atoms with E-state index in [1.807, 2.05) is 84.9 Å². The van der Waals surface area contributed by atoms with Crippen LogP contribution in [0.1, 0.15) is 50.3 Å². The van der Waals surface area contributed by atoms with Gasteiger partial charge in [0.2, 0.25) is 11.8 Å². The molecule has 276 valence electrons. The minimum atomic E-state index is -1.21. The van der Waals surface area contributed by atoms with Gasteiger partial charge in [-0.3, -0.25) is 19.8 Å². The summed E-state index contributed by atoms with van der Waals surface area (Å²) < 4.78 is 5.70. The van der Waals surface area contributed by atoms with E-state index in [1.165, 1.54) is 0 Å². The zero-order valence-electron chi connectivity index (χ0n) is 29.7. The summed E-state index contributed by atoms with van der Waals surface area (Å²) in [5.41, 5.74) is 10.8. The lowest BCUT2D eigenvalue weighted by Gasteiger charge is -2.28. The molecule has 1 heterocycles. The number of carbonyl (C=O) groups is 5. The van der Waals surface area contributed by atoms with E-state index >= 15 is 0 Å². The number of hydrazine groups is 1. The number of aromatic amines is 1. The number of H-pyrrole nitrogens is 1. The summed E-state index contributed by atoms with van der Waals surface area (Å²) >= 11 is 0. The first-order chi connectivity index (χ1) is 24.9. The maximum Gasteiger partial charge on any atom is 0.336 e. The fraction of sp³-hybridized carbons (Fsp3) is 0.342. The molecule has 0 unspecified atom stereocenters. The van der Waals surface area contributed by atoms with E-state index < -0.39 is 47.4 Å². The highest BCUT2D eigenvalue weighted by Gasteiger charge is 2.30. The molecule has 1 aromatic heterocycles. The van der Waals surface area contributed by atoms with Gasteiger partial charge in [0.05, 0.1) is 19.8 Å². The Labute approximate surface area is 303 Å². The molecular formula is C38H48N8O6. The number of hydrogen-bond donors (Lipinski definition) is 7. The molecule has 0 saturated carbocycles. The molecule has 4 aromatic rings. The lowest BCUT2D eigenvalue weighted by molar-refractivity contribution is -0.132. The van der Waals surface area contributed by atoms with Gasteiger partial charge in [-0.15, -0.1) is 0 Å². The maximum absolute atomic E-state index is 14.1. The normalized spacial score (nSPS) is 12.3. The predicted molar refractivity (Wildman–Crippen MR) is 197 cm³/mol. The van der Waals surface area contributed by atoms with Crippen LogP contribution in [0.2, 0.25) is 0 Å². The van der Waals surface area contributed by atoms with Gasteiger partial charge in [0, 0.05) is 42.0 Å². The van der Waals surface area contributed by atoms with Crippen LogP contribution in [-0.4, -0.2) is 70.6 Å². The summed E-state index contributed by atoms with van der Waals surface area (Å²) in [5, 5.41) is 12.9. The number of para-hydroxylation sites is 1. The van der Waals surface area contributed by atoms with Gasteiger partial charge in [-0.2, -0.15) is 0 Å². The van der Waals surface area contributed by atoms with Crippen molar-refractivity contribution >= 4 is 40.7 Å². The van der Waals surface area contributed by atoms with Crippen LogP contribution in [0.4, 0.5) is 9.59 Å². The SMILES string of the molecule is CC(C)(C)NC(=O)N[C@@H](CCC(N)=O)C(=O)N[C@@H](Cc1c[nH]c2ccccc12)C(=O)NN(Cc1ccccc1)C(=O)NCCOCc1ccccc1. The fourth-order valence-electron chi connectivity index (χ4n) is 5.32. The summed E-state index contributed by atoms with van der Waals surface area (Å²) in [6, 6.07) is 22.6. The first-order valence-electron chi connectivity index (χ1n) is 17.1. The van der Waals surface area contributed by atoms with Crippen molar-refractivity contribution in [2.75, 3.05) is 13.2 Å². The highest BCUT2D eigenvalue weighted by atomic mass is 16.5. The van der Waals surface area contributed by atoms with Gasteiger partial charge in [-0.25, -0.2) is 14.6 Å². The molecule has 8 N–H and O–H groups in total. The number of rotatable bonds is 16. The second-order valence-electron chi connectivity index (χ2n) is 13.3. The number of nitrogens with two attached hydrogens (primary N) is 1. The predicted octanol–water partition coefficient (Wildman–Crippen LogP) is 3.39. The smallest absolute Gasteiger partial charge is 0.336 e. The van der Waals surface area contributed by atoms with Gasteiger partial charge in [0.1, 0.15) is 12.1 Å². The molecular weight excluding hydrogens is 664 g/mol. The van der Waals surface area contributed by atoms with Gasteiger partial charge in [0.25, 0.3) is 5.91 Å². The summed E-state index contributed by atoms with van der Waals surface area (Å²) in [7, 11) is 0. The van der Waals surface area contributed by atoms with Gasteiger partial charge in [-0.1, -0.05) is 78.9 Å².